The van der Waals surface area contributed by atoms with Crippen LogP contribution >= 0.6 is 0 Å². The Morgan fingerprint density at radius 3 is 2.74 bits per heavy atom. The first-order chi connectivity index (χ1) is 12.8. The number of hydrogen-bond donors (Lipinski definition) is 1. The van der Waals surface area contributed by atoms with E-state index in [1.54, 1.807) is 19.2 Å². The molecule has 0 spiro atoms. The van der Waals surface area contributed by atoms with Crippen LogP contribution in [0, 0.1) is 11.8 Å². The van der Waals surface area contributed by atoms with Crippen LogP contribution in [0.4, 0.5) is 4.79 Å². The summed E-state index contributed by atoms with van der Waals surface area (Å²) in [6.07, 6.45) is 6.87. The van der Waals surface area contributed by atoms with Gasteiger partial charge < -0.3 is 10.0 Å². The van der Waals surface area contributed by atoms with Gasteiger partial charge in [-0.15, -0.1) is 0 Å². The van der Waals surface area contributed by atoms with Crippen LogP contribution in [0.5, 0.6) is 5.75 Å². The molecular formula is C21H26N2O4. The lowest BCUT2D eigenvalue weighted by atomic mass is 9.73. The zero-order valence-corrected chi connectivity index (χ0v) is 16.0. The molecule has 6 heteroatoms. The summed E-state index contributed by atoms with van der Waals surface area (Å²) in [6, 6.07) is 5.49. The number of amides is 3. The topological polar surface area (TPSA) is 77.9 Å². The SMILES string of the molecule is CC[C@@H]1C=CCC(C2(C)C(=O)N(CC(=O)c3cccc(O)c3)C(=O)N2C)C1. The number of allylic oxidation sites excluding steroid dienone is 2. The summed E-state index contributed by atoms with van der Waals surface area (Å²) in [5, 5.41) is 9.56. The van der Waals surface area contributed by atoms with E-state index in [-0.39, 0.29) is 35.5 Å². The molecule has 0 bridgehead atoms. The van der Waals surface area contributed by atoms with Crippen LogP contribution in [0.2, 0.25) is 0 Å². The Balaban J connectivity index is 1.82. The number of hydrogen-bond acceptors (Lipinski definition) is 4. The third-order valence-corrected chi connectivity index (χ3v) is 6.10. The zero-order chi connectivity index (χ0) is 19.8. The second-order valence-electron chi connectivity index (χ2n) is 7.62. The summed E-state index contributed by atoms with van der Waals surface area (Å²) in [6.45, 7) is 3.61. The fourth-order valence-electron chi connectivity index (χ4n) is 4.12. The molecular weight excluding hydrogens is 344 g/mol. The van der Waals surface area contributed by atoms with Gasteiger partial charge in [-0.3, -0.25) is 14.5 Å². The van der Waals surface area contributed by atoms with E-state index in [4.69, 9.17) is 0 Å². The first kappa shape index (κ1) is 19.1. The molecule has 1 aliphatic carbocycles. The molecule has 2 unspecified atom stereocenters. The Morgan fingerprint density at radius 2 is 2.07 bits per heavy atom. The molecule has 0 saturated carbocycles. The lowest BCUT2D eigenvalue weighted by Gasteiger charge is -2.39. The number of likely N-dealkylation sites (N-methyl/N-ethyl adjacent to an activating group) is 1. The number of carbonyl (C=O) groups excluding carboxylic acids is 3. The maximum absolute atomic E-state index is 13.2. The average molecular weight is 370 g/mol. The third kappa shape index (κ3) is 3.24. The van der Waals surface area contributed by atoms with E-state index in [0.717, 1.165) is 24.2 Å². The summed E-state index contributed by atoms with van der Waals surface area (Å²) in [5.74, 6) is -0.296. The van der Waals surface area contributed by atoms with Crippen molar-refractivity contribution in [1.82, 2.24) is 9.80 Å². The van der Waals surface area contributed by atoms with Gasteiger partial charge in [0.2, 0.25) is 0 Å². The Bertz CT molecular complexity index is 803. The molecule has 0 aromatic heterocycles. The van der Waals surface area contributed by atoms with Crippen LogP contribution in [0.1, 0.15) is 43.5 Å². The summed E-state index contributed by atoms with van der Waals surface area (Å²) in [7, 11) is 1.64. The molecule has 27 heavy (non-hydrogen) atoms. The number of imide groups is 1. The summed E-state index contributed by atoms with van der Waals surface area (Å²) < 4.78 is 0. The van der Waals surface area contributed by atoms with Crippen LogP contribution in [0.15, 0.2) is 36.4 Å². The molecule has 144 valence electrons. The molecule has 3 amide bonds. The van der Waals surface area contributed by atoms with Gasteiger partial charge in [0.15, 0.2) is 5.78 Å². The van der Waals surface area contributed by atoms with E-state index in [2.05, 4.69) is 19.1 Å². The van der Waals surface area contributed by atoms with Crippen LogP contribution in [-0.2, 0) is 4.79 Å². The molecule has 6 nitrogen and oxygen atoms in total. The number of ketones is 1. The van der Waals surface area contributed by atoms with Crippen molar-refractivity contribution >= 4 is 17.7 Å². The Labute approximate surface area is 159 Å². The van der Waals surface area contributed by atoms with Crippen molar-refractivity contribution < 1.29 is 19.5 Å². The molecule has 3 rings (SSSR count). The van der Waals surface area contributed by atoms with Gasteiger partial charge in [0.05, 0.1) is 6.54 Å². The van der Waals surface area contributed by atoms with Crippen molar-refractivity contribution in [2.75, 3.05) is 13.6 Å². The van der Waals surface area contributed by atoms with Gasteiger partial charge >= 0.3 is 6.03 Å². The van der Waals surface area contributed by atoms with E-state index in [0.29, 0.717) is 5.92 Å². The fourth-order valence-corrected chi connectivity index (χ4v) is 4.12. The van der Waals surface area contributed by atoms with Crippen LogP contribution in [0.25, 0.3) is 0 Å². The van der Waals surface area contributed by atoms with Crippen LogP contribution in [0.3, 0.4) is 0 Å². The molecule has 1 aromatic carbocycles. The van der Waals surface area contributed by atoms with Crippen molar-refractivity contribution in [3.8, 4) is 5.75 Å². The molecule has 0 radical (unpaired) electrons. The highest BCUT2D eigenvalue weighted by Gasteiger charge is 2.56. The molecule has 1 fully saturated rings. The van der Waals surface area contributed by atoms with Gasteiger partial charge in [0, 0.05) is 12.6 Å². The number of carbonyl (C=O) groups is 3. The van der Waals surface area contributed by atoms with E-state index in [9.17, 15) is 19.5 Å². The smallest absolute Gasteiger partial charge is 0.327 e. The molecule has 1 N–H and O–H groups in total. The van der Waals surface area contributed by atoms with E-state index < -0.39 is 11.6 Å². The van der Waals surface area contributed by atoms with Crippen molar-refractivity contribution in [1.29, 1.82) is 0 Å². The average Bonchev–Trinajstić information content (AvgIpc) is 2.84. The Kier molecular flexibility index (Phi) is 5.09. The van der Waals surface area contributed by atoms with Gasteiger partial charge in [0.1, 0.15) is 11.3 Å². The maximum atomic E-state index is 13.2. The molecule has 1 saturated heterocycles. The van der Waals surface area contributed by atoms with Crippen molar-refractivity contribution in [3.63, 3.8) is 0 Å². The number of rotatable bonds is 5. The standard InChI is InChI=1S/C21H26N2O4/c1-4-14-7-5-9-16(11-14)21(2)19(26)23(20(27)22(21)3)13-18(25)15-8-6-10-17(24)12-15/h5-8,10,12,14,16,24H,4,9,11,13H2,1-3H3/t14-,16?,21?/m1/s1. The molecule has 1 aliphatic heterocycles. The molecule has 1 heterocycles. The fraction of sp³-hybridized carbons (Fsp3) is 0.476. The van der Waals surface area contributed by atoms with Crippen molar-refractivity contribution in [2.24, 2.45) is 11.8 Å². The van der Waals surface area contributed by atoms with E-state index >= 15 is 0 Å². The number of aromatic hydroxyl groups is 1. The lowest BCUT2D eigenvalue weighted by Crippen LogP contribution is -2.52. The van der Waals surface area contributed by atoms with Gasteiger partial charge in [0.25, 0.3) is 5.91 Å². The Morgan fingerprint density at radius 1 is 1.33 bits per heavy atom. The second-order valence-corrected chi connectivity index (χ2v) is 7.62. The number of benzene rings is 1. The van der Waals surface area contributed by atoms with Gasteiger partial charge in [-0.1, -0.05) is 31.2 Å². The van der Waals surface area contributed by atoms with Crippen LogP contribution in [-0.4, -0.2) is 51.8 Å². The van der Waals surface area contributed by atoms with Crippen molar-refractivity contribution in [2.45, 2.75) is 38.6 Å². The quantitative estimate of drug-likeness (QED) is 0.490. The van der Waals surface area contributed by atoms with Gasteiger partial charge in [-0.05, 0) is 50.2 Å². The highest BCUT2D eigenvalue weighted by molar-refractivity contribution is 6.11. The number of phenolic OH excluding ortho intramolecular Hbond substituents is 1. The van der Waals surface area contributed by atoms with Crippen LogP contribution < -0.4 is 0 Å². The highest BCUT2D eigenvalue weighted by atomic mass is 16.3. The third-order valence-electron chi connectivity index (χ3n) is 6.10. The number of urea groups is 1. The largest absolute Gasteiger partial charge is 0.508 e. The number of nitrogens with zero attached hydrogens (tertiary/aromatic N) is 2. The molecule has 1 aromatic rings. The second kappa shape index (κ2) is 7.18. The first-order valence-corrected chi connectivity index (χ1v) is 9.37. The van der Waals surface area contributed by atoms with Gasteiger partial charge in [-0.25, -0.2) is 4.79 Å². The van der Waals surface area contributed by atoms with E-state index in [1.807, 2.05) is 6.92 Å². The Hall–Kier alpha value is -2.63. The lowest BCUT2D eigenvalue weighted by molar-refractivity contribution is -0.134. The summed E-state index contributed by atoms with van der Waals surface area (Å²) >= 11 is 0. The minimum Gasteiger partial charge on any atom is -0.508 e. The molecule has 2 aliphatic rings. The number of phenols is 1. The minimum absolute atomic E-state index is 0.0229. The highest BCUT2D eigenvalue weighted by Crippen LogP contribution is 2.41. The minimum atomic E-state index is -0.950. The maximum Gasteiger partial charge on any atom is 0.327 e. The van der Waals surface area contributed by atoms with E-state index in [1.165, 1.54) is 17.0 Å². The predicted molar refractivity (Wildman–Crippen MR) is 101 cm³/mol. The summed E-state index contributed by atoms with van der Waals surface area (Å²) in [5.41, 5.74) is -0.674. The molecule has 3 atom stereocenters. The normalized spacial score (nSPS) is 28.1. The zero-order valence-electron chi connectivity index (χ0n) is 16.0. The number of Topliss-reactive ketones (excluding diaryl/α,β-unsaturated/α-hetero) is 1. The monoisotopic (exact) mass is 370 g/mol. The van der Waals surface area contributed by atoms with Gasteiger partial charge in [-0.2, -0.15) is 0 Å². The first-order valence-electron chi connectivity index (χ1n) is 9.37. The van der Waals surface area contributed by atoms with Crippen molar-refractivity contribution in [3.05, 3.63) is 42.0 Å². The summed E-state index contributed by atoms with van der Waals surface area (Å²) in [4.78, 5) is 41.1. The predicted octanol–water partition coefficient (Wildman–Crippen LogP) is 3.22.